The summed E-state index contributed by atoms with van der Waals surface area (Å²) in [5.74, 6) is 0.940. The molecule has 0 saturated heterocycles. The normalized spacial score (nSPS) is 14.7. The molecule has 4 heteroatoms. The van der Waals surface area contributed by atoms with Crippen LogP contribution in [0.5, 0.6) is 0 Å². The van der Waals surface area contributed by atoms with E-state index < -0.39 is 0 Å². The average Bonchev–Trinajstić information content (AvgIpc) is 4.28. The summed E-state index contributed by atoms with van der Waals surface area (Å²) in [7, 11) is 0. The van der Waals surface area contributed by atoms with Crippen LogP contribution >= 0.6 is 0 Å². The van der Waals surface area contributed by atoms with Gasteiger partial charge in [0.1, 0.15) is 11.2 Å². The lowest BCUT2D eigenvalue weighted by Gasteiger charge is -2.32. The summed E-state index contributed by atoms with van der Waals surface area (Å²) in [5.41, 5.74) is 15.7. The van der Waals surface area contributed by atoms with Gasteiger partial charge in [0.05, 0.1) is 22.7 Å². The fraction of sp³-hybridized carbons (Fsp3) is 0.246. The molecule has 0 radical (unpaired) electrons. The van der Waals surface area contributed by atoms with Crippen LogP contribution in [-0.2, 0) is 5.41 Å². The molecule has 2 aliphatic rings. The summed E-state index contributed by atoms with van der Waals surface area (Å²) in [6, 6.07) is 63.6. The second-order valence-electron chi connectivity index (χ2n) is 21.7. The van der Waals surface area contributed by atoms with Crippen molar-refractivity contribution in [2.24, 2.45) is 0 Å². The summed E-state index contributed by atoms with van der Waals surface area (Å²) in [6.07, 6.45) is 9.83. The summed E-state index contributed by atoms with van der Waals surface area (Å²) in [4.78, 5) is 5.03. The summed E-state index contributed by atoms with van der Waals surface area (Å²) in [6.45, 7) is 13.0. The van der Waals surface area contributed by atoms with Crippen LogP contribution in [0.2, 0.25) is 0 Å². The third-order valence-corrected chi connectivity index (χ3v) is 16.5. The lowest BCUT2D eigenvalue weighted by molar-refractivity contribution is 0.573. The maximum absolute atomic E-state index is 7.22. The molecule has 4 nitrogen and oxygen atoms in total. The molecule has 2 fully saturated rings. The zero-order valence-electron chi connectivity index (χ0n) is 43.2. The van der Waals surface area contributed by atoms with Crippen LogP contribution in [0.25, 0.3) is 76.2 Å². The highest BCUT2D eigenvalue weighted by molar-refractivity contribution is 6.30. The van der Waals surface area contributed by atoms with E-state index in [9.17, 15) is 0 Å². The molecule has 73 heavy (non-hydrogen) atoms. The Bertz CT molecular complexity index is 4010. The molecule has 0 spiro atoms. The van der Waals surface area contributed by atoms with E-state index >= 15 is 0 Å². The molecule has 2 aliphatic carbocycles. The number of hydrogen-bond acceptors (Lipinski definition) is 4. The molecule has 10 aromatic carbocycles. The van der Waals surface area contributed by atoms with Gasteiger partial charge in [-0.3, -0.25) is 0 Å². The number of furan rings is 2. The lowest BCUT2D eigenvalue weighted by Crippen LogP contribution is -2.13. The van der Waals surface area contributed by atoms with E-state index in [1.54, 1.807) is 0 Å². The number of anilines is 6. The van der Waals surface area contributed by atoms with Crippen molar-refractivity contribution in [3.8, 4) is 0 Å². The Hall–Kier alpha value is -7.56. The number of fused-ring (bicyclic) bond motifs is 6. The predicted molar refractivity (Wildman–Crippen MR) is 311 cm³/mol. The van der Waals surface area contributed by atoms with Crippen LogP contribution < -0.4 is 9.80 Å². The Labute approximate surface area is 429 Å². The molecule has 12 aromatic rings. The molecule has 2 aromatic heterocycles. The van der Waals surface area contributed by atoms with Crippen LogP contribution in [0.4, 0.5) is 34.1 Å². The van der Waals surface area contributed by atoms with Crippen LogP contribution in [0.1, 0.15) is 120 Å². The van der Waals surface area contributed by atoms with Crippen molar-refractivity contribution in [1.82, 2.24) is 0 Å². The number of para-hydroxylation sites is 6. The second kappa shape index (κ2) is 17.9. The number of rotatable bonds is 8. The number of benzene rings is 10. The molecule has 0 amide bonds. The van der Waals surface area contributed by atoms with E-state index in [-0.39, 0.29) is 5.41 Å². The van der Waals surface area contributed by atoms with Gasteiger partial charge >= 0.3 is 0 Å². The van der Waals surface area contributed by atoms with Crippen molar-refractivity contribution in [2.45, 2.75) is 110 Å². The van der Waals surface area contributed by atoms with Gasteiger partial charge in [-0.15, -0.1) is 0 Å². The SMILES string of the molecule is CC.Cc1cccc2c1oc1c(N(c3ccccc3)c3cc(C4CCCC4)c4ccc5c(N(c6ccccc6)c6cccc7c6oc6c(C(C)(C)C)cccc67)cc(C6CCCC6)c6ccc3c4c65)cccc12. The van der Waals surface area contributed by atoms with E-state index in [0.717, 1.165) is 72.2 Å². The minimum Gasteiger partial charge on any atom is -0.454 e. The molecule has 0 atom stereocenters. The van der Waals surface area contributed by atoms with Crippen molar-refractivity contribution < 1.29 is 8.83 Å². The van der Waals surface area contributed by atoms with Crippen molar-refractivity contribution >= 4 is 110 Å². The minimum absolute atomic E-state index is 0.0845. The molecule has 0 N–H and O–H groups in total. The molecule has 0 unspecified atom stereocenters. The van der Waals surface area contributed by atoms with Crippen LogP contribution in [-0.4, -0.2) is 0 Å². The number of aryl methyl sites for hydroxylation is 1. The highest BCUT2D eigenvalue weighted by atomic mass is 16.3. The van der Waals surface area contributed by atoms with E-state index in [1.807, 2.05) is 13.8 Å². The quantitative estimate of drug-likeness (QED) is 0.142. The van der Waals surface area contributed by atoms with Crippen LogP contribution in [0.15, 0.2) is 179 Å². The third kappa shape index (κ3) is 7.23. The molecule has 2 heterocycles. The van der Waals surface area contributed by atoms with Gasteiger partial charge in [0, 0.05) is 49.3 Å². The highest BCUT2D eigenvalue weighted by Crippen LogP contribution is 2.55. The van der Waals surface area contributed by atoms with Crippen molar-refractivity contribution in [3.05, 3.63) is 192 Å². The Morgan fingerprint density at radius 2 is 0.781 bits per heavy atom. The fourth-order valence-corrected chi connectivity index (χ4v) is 13.2. The van der Waals surface area contributed by atoms with E-state index in [2.05, 4.69) is 207 Å². The molecule has 0 bridgehead atoms. The third-order valence-electron chi connectivity index (χ3n) is 16.5. The maximum atomic E-state index is 7.22. The topological polar surface area (TPSA) is 32.8 Å². The highest BCUT2D eigenvalue weighted by Gasteiger charge is 2.32. The predicted octanol–water partition coefficient (Wildman–Crippen LogP) is 21.3. The first kappa shape index (κ1) is 45.3. The largest absolute Gasteiger partial charge is 0.454 e. The maximum Gasteiger partial charge on any atom is 0.159 e. The van der Waals surface area contributed by atoms with Gasteiger partial charge < -0.3 is 18.6 Å². The van der Waals surface area contributed by atoms with E-state index in [0.29, 0.717) is 11.8 Å². The summed E-state index contributed by atoms with van der Waals surface area (Å²) < 4.78 is 14.2. The fourth-order valence-electron chi connectivity index (χ4n) is 13.2. The molecular weight excluding hydrogens is 889 g/mol. The second-order valence-corrected chi connectivity index (χ2v) is 21.7. The Morgan fingerprint density at radius 1 is 0.384 bits per heavy atom. The first-order valence-corrected chi connectivity index (χ1v) is 27.1. The minimum atomic E-state index is -0.0845. The Morgan fingerprint density at radius 3 is 1.25 bits per heavy atom. The average molecular weight is 953 g/mol. The van der Waals surface area contributed by atoms with Gasteiger partial charge in [0.2, 0.25) is 0 Å². The molecular formula is C69H64N2O2. The van der Waals surface area contributed by atoms with E-state index in [1.165, 1.54) is 112 Å². The first-order valence-electron chi connectivity index (χ1n) is 27.1. The lowest BCUT2D eigenvalue weighted by atomic mass is 9.82. The van der Waals surface area contributed by atoms with Crippen LogP contribution in [0, 0.1) is 6.92 Å². The summed E-state index contributed by atoms with van der Waals surface area (Å²) >= 11 is 0. The van der Waals surface area contributed by atoms with Crippen LogP contribution in [0.3, 0.4) is 0 Å². The Balaban J connectivity index is 0.00000255. The number of nitrogens with zero attached hydrogens (tertiary/aromatic N) is 2. The van der Waals surface area contributed by atoms with Gasteiger partial charge in [0.15, 0.2) is 11.2 Å². The first-order chi connectivity index (χ1) is 35.8. The van der Waals surface area contributed by atoms with Gasteiger partial charge in [-0.1, -0.05) is 182 Å². The number of hydrogen-bond donors (Lipinski definition) is 0. The monoisotopic (exact) mass is 952 g/mol. The molecule has 362 valence electrons. The standard InChI is InChI=1S/C67H58N2O2.C2H6/c1-41-19-15-28-48-50-30-17-33-57(65(50)70-63(41)48)68(44-24-7-5-8-25-44)59-39-54(42-20-11-12-21-42)46-36-38-53-60(40-55(43-22-13-14-23-43)47-35-37-52(59)61(46)62(47)53)69(45-26-9-6-10-27-45)58-34-18-31-51-49-29-16-32-56(67(2,3)4)64(49)71-66(51)58;1-2/h5-10,15-19,24-40,42-43H,11-14,20-23H2,1-4H3;1-2H3. The molecule has 14 rings (SSSR count). The zero-order valence-corrected chi connectivity index (χ0v) is 43.2. The van der Waals surface area contributed by atoms with Crippen molar-refractivity contribution in [1.29, 1.82) is 0 Å². The van der Waals surface area contributed by atoms with Gasteiger partial charge in [-0.05, 0) is 137 Å². The smallest absolute Gasteiger partial charge is 0.159 e. The summed E-state index contributed by atoms with van der Waals surface area (Å²) in [5, 5.41) is 12.6. The molecule has 2 saturated carbocycles. The van der Waals surface area contributed by atoms with Gasteiger partial charge in [-0.25, -0.2) is 0 Å². The van der Waals surface area contributed by atoms with E-state index in [4.69, 9.17) is 8.83 Å². The van der Waals surface area contributed by atoms with Gasteiger partial charge in [0.25, 0.3) is 0 Å². The van der Waals surface area contributed by atoms with Crippen molar-refractivity contribution in [3.63, 3.8) is 0 Å². The zero-order chi connectivity index (χ0) is 49.5. The van der Waals surface area contributed by atoms with Crippen molar-refractivity contribution in [2.75, 3.05) is 9.80 Å². The van der Waals surface area contributed by atoms with Gasteiger partial charge in [-0.2, -0.15) is 0 Å². The molecule has 0 aliphatic heterocycles. The Kier molecular flexibility index (Phi) is 11.1.